The standard InChI is InChI=1S/C10H13NO3/c1-4-9(12)11-5-7(2)8(6-11)10(13)14-3/h1,7-8H,5-6H2,2-3H3. The van der Waals surface area contributed by atoms with E-state index < -0.39 is 0 Å². The Balaban J connectivity index is 2.65. The molecule has 1 amide bonds. The van der Waals surface area contributed by atoms with E-state index in [1.54, 1.807) is 0 Å². The van der Waals surface area contributed by atoms with E-state index in [0.29, 0.717) is 13.1 Å². The van der Waals surface area contributed by atoms with Gasteiger partial charge in [0.15, 0.2) is 0 Å². The molecule has 0 saturated carbocycles. The summed E-state index contributed by atoms with van der Waals surface area (Å²) in [5, 5.41) is 0. The highest BCUT2D eigenvalue weighted by atomic mass is 16.5. The molecule has 2 unspecified atom stereocenters. The van der Waals surface area contributed by atoms with Crippen molar-refractivity contribution in [2.75, 3.05) is 20.2 Å². The van der Waals surface area contributed by atoms with E-state index in [0.717, 1.165) is 0 Å². The van der Waals surface area contributed by atoms with Crippen molar-refractivity contribution in [2.45, 2.75) is 6.92 Å². The van der Waals surface area contributed by atoms with Crippen molar-refractivity contribution in [1.82, 2.24) is 4.90 Å². The van der Waals surface area contributed by atoms with Crippen LogP contribution in [0.5, 0.6) is 0 Å². The number of likely N-dealkylation sites (tertiary alicyclic amines) is 1. The van der Waals surface area contributed by atoms with E-state index in [4.69, 9.17) is 6.42 Å². The van der Waals surface area contributed by atoms with Gasteiger partial charge >= 0.3 is 5.97 Å². The Morgan fingerprint density at radius 3 is 2.64 bits per heavy atom. The van der Waals surface area contributed by atoms with Crippen molar-refractivity contribution in [3.8, 4) is 12.3 Å². The van der Waals surface area contributed by atoms with Gasteiger partial charge < -0.3 is 9.64 Å². The second kappa shape index (κ2) is 4.14. The average molecular weight is 195 g/mol. The van der Waals surface area contributed by atoms with Gasteiger partial charge in [0.05, 0.1) is 13.0 Å². The maximum absolute atomic E-state index is 11.3. The topological polar surface area (TPSA) is 46.6 Å². The summed E-state index contributed by atoms with van der Waals surface area (Å²) in [6, 6.07) is 0. The van der Waals surface area contributed by atoms with Gasteiger partial charge in [0.25, 0.3) is 5.91 Å². The van der Waals surface area contributed by atoms with Crippen molar-refractivity contribution < 1.29 is 14.3 Å². The molecule has 2 atom stereocenters. The minimum Gasteiger partial charge on any atom is -0.469 e. The molecular weight excluding hydrogens is 182 g/mol. The highest BCUT2D eigenvalue weighted by Gasteiger charge is 2.37. The van der Waals surface area contributed by atoms with Crippen LogP contribution in [0, 0.1) is 24.2 Å². The molecule has 0 spiro atoms. The van der Waals surface area contributed by atoms with E-state index in [2.05, 4.69) is 4.74 Å². The van der Waals surface area contributed by atoms with Crippen LogP contribution in [0.25, 0.3) is 0 Å². The van der Waals surface area contributed by atoms with Gasteiger partial charge in [0.2, 0.25) is 0 Å². The van der Waals surface area contributed by atoms with Gasteiger partial charge in [-0.15, -0.1) is 6.42 Å². The number of carbonyl (C=O) groups is 2. The van der Waals surface area contributed by atoms with Gasteiger partial charge in [0, 0.05) is 13.1 Å². The molecule has 4 nitrogen and oxygen atoms in total. The average Bonchev–Trinajstić information content (AvgIpc) is 2.58. The van der Waals surface area contributed by atoms with Gasteiger partial charge in [-0.2, -0.15) is 0 Å². The van der Waals surface area contributed by atoms with Crippen LogP contribution in [-0.4, -0.2) is 37.0 Å². The molecule has 76 valence electrons. The third kappa shape index (κ3) is 1.87. The number of methoxy groups -OCH3 is 1. The third-order valence-corrected chi connectivity index (χ3v) is 2.53. The van der Waals surface area contributed by atoms with Crippen LogP contribution < -0.4 is 0 Å². The van der Waals surface area contributed by atoms with Gasteiger partial charge in [-0.3, -0.25) is 9.59 Å². The van der Waals surface area contributed by atoms with Crippen LogP contribution in [0.2, 0.25) is 0 Å². The van der Waals surface area contributed by atoms with Crippen LogP contribution >= 0.6 is 0 Å². The number of hydrogen-bond donors (Lipinski definition) is 0. The molecule has 1 rings (SSSR count). The monoisotopic (exact) mass is 195 g/mol. The molecule has 0 N–H and O–H groups in total. The fraction of sp³-hybridized carbons (Fsp3) is 0.600. The SMILES string of the molecule is C#CC(=O)N1CC(C)C(C(=O)OC)C1. The fourth-order valence-electron chi connectivity index (χ4n) is 1.68. The minimum absolute atomic E-state index is 0.111. The number of terminal acetylenes is 1. The minimum atomic E-state index is -0.358. The summed E-state index contributed by atoms with van der Waals surface area (Å²) in [6.07, 6.45) is 4.99. The quantitative estimate of drug-likeness (QED) is 0.433. The van der Waals surface area contributed by atoms with Crippen molar-refractivity contribution in [1.29, 1.82) is 0 Å². The molecule has 0 aromatic heterocycles. The van der Waals surface area contributed by atoms with Crippen LogP contribution in [-0.2, 0) is 14.3 Å². The largest absolute Gasteiger partial charge is 0.469 e. The lowest BCUT2D eigenvalue weighted by Crippen LogP contribution is -2.28. The Kier molecular flexibility index (Phi) is 3.13. The van der Waals surface area contributed by atoms with E-state index in [-0.39, 0.29) is 23.7 Å². The first-order valence-electron chi connectivity index (χ1n) is 4.43. The number of ether oxygens (including phenoxy) is 1. The number of rotatable bonds is 1. The van der Waals surface area contributed by atoms with Crippen molar-refractivity contribution in [2.24, 2.45) is 11.8 Å². The second-order valence-corrected chi connectivity index (χ2v) is 3.46. The molecule has 0 aromatic carbocycles. The summed E-state index contributed by atoms with van der Waals surface area (Å²) in [5.41, 5.74) is 0. The first-order chi connectivity index (χ1) is 6.60. The second-order valence-electron chi connectivity index (χ2n) is 3.46. The number of hydrogen-bond acceptors (Lipinski definition) is 3. The number of esters is 1. The van der Waals surface area contributed by atoms with Crippen molar-refractivity contribution in [3.05, 3.63) is 0 Å². The van der Waals surface area contributed by atoms with Crippen molar-refractivity contribution >= 4 is 11.9 Å². The molecule has 0 radical (unpaired) electrons. The number of carbonyl (C=O) groups excluding carboxylic acids is 2. The van der Waals surface area contributed by atoms with E-state index in [1.807, 2.05) is 12.8 Å². The smallest absolute Gasteiger partial charge is 0.310 e. The summed E-state index contributed by atoms with van der Waals surface area (Å²) < 4.78 is 4.64. The lowest BCUT2D eigenvalue weighted by atomic mass is 9.99. The molecular formula is C10H13NO3. The van der Waals surface area contributed by atoms with Gasteiger partial charge in [-0.1, -0.05) is 6.92 Å². The summed E-state index contributed by atoms with van der Waals surface area (Å²) in [5.74, 6) is 1.28. The van der Waals surface area contributed by atoms with Crippen molar-refractivity contribution in [3.63, 3.8) is 0 Å². The van der Waals surface area contributed by atoms with Crippen LogP contribution in [0.3, 0.4) is 0 Å². The Morgan fingerprint density at radius 1 is 1.50 bits per heavy atom. The summed E-state index contributed by atoms with van der Waals surface area (Å²) >= 11 is 0. The third-order valence-electron chi connectivity index (χ3n) is 2.53. The van der Waals surface area contributed by atoms with Gasteiger partial charge in [0.1, 0.15) is 0 Å². The lowest BCUT2D eigenvalue weighted by Gasteiger charge is -2.11. The van der Waals surface area contributed by atoms with Crippen LogP contribution in [0.4, 0.5) is 0 Å². The molecule has 1 heterocycles. The predicted octanol–water partition coefficient (Wildman–Crippen LogP) is -0.113. The lowest BCUT2D eigenvalue weighted by molar-refractivity contribution is -0.146. The molecule has 0 aromatic rings. The number of amides is 1. The van der Waals surface area contributed by atoms with E-state index in [1.165, 1.54) is 12.0 Å². The normalized spacial score (nSPS) is 25.6. The molecule has 1 aliphatic heterocycles. The highest BCUT2D eigenvalue weighted by Crippen LogP contribution is 2.23. The molecule has 1 aliphatic rings. The maximum Gasteiger partial charge on any atom is 0.310 e. The number of nitrogens with zero attached hydrogens (tertiary/aromatic N) is 1. The maximum atomic E-state index is 11.3. The molecule has 1 fully saturated rings. The molecule has 4 heteroatoms. The summed E-state index contributed by atoms with van der Waals surface area (Å²) in [7, 11) is 1.35. The Hall–Kier alpha value is -1.50. The fourth-order valence-corrected chi connectivity index (χ4v) is 1.68. The Bertz CT molecular complexity index is 292. The van der Waals surface area contributed by atoms with Gasteiger partial charge in [-0.25, -0.2) is 0 Å². The zero-order chi connectivity index (χ0) is 10.7. The first kappa shape index (κ1) is 10.6. The van der Waals surface area contributed by atoms with E-state index >= 15 is 0 Å². The van der Waals surface area contributed by atoms with E-state index in [9.17, 15) is 9.59 Å². The molecule has 1 saturated heterocycles. The molecule has 14 heavy (non-hydrogen) atoms. The Morgan fingerprint density at radius 2 is 2.14 bits per heavy atom. The van der Waals surface area contributed by atoms with Gasteiger partial charge in [-0.05, 0) is 11.8 Å². The first-order valence-corrected chi connectivity index (χ1v) is 4.43. The predicted molar refractivity (Wildman–Crippen MR) is 50.1 cm³/mol. The molecule has 0 bridgehead atoms. The Labute approximate surface area is 83.2 Å². The molecule has 0 aliphatic carbocycles. The summed E-state index contributed by atoms with van der Waals surface area (Å²) in [6.45, 7) is 2.81. The summed E-state index contributed by atoms with van der Waals surface area (Å²) in [4.78, 5) is 23.9. The zero-order valence-corrected chi connectivity index (χ0v) is 8.32. The van der Waals surface area contributed by atoms with Crippen LogP contribution in [0.1, 0.15) is 6.92 Å². The highest BCUT2D eigenvalue weighted by molar-refractivity contribution is 5.93. The zero-order valence-electron chi connectivity index (χ0n) is 8.32. The van der Waals surface area contributed by atoms with Crippen LogP contribution in [0.15, 0.2) is 0 Å².